The van der Waals surface area contributed by atoms with E-state index in [0.29, 0.717) is 0 Å². The molecule has 0 aliphatic carbocycles. The van der Waals surface area contributed by atoms with E-state index in [2.05, 4.69) is 66.9 Å². The minimum Gasteiger partial charge on any atom is -0.495 e. The smallest absolute Gasteiger partial charge is 0.246 e. The fourth-order valence-corrected chi connectivity index (χ4v) is 6.29. The molecule has 4 aromatic rings. The molecule has 8 nitrogen and oxygen atoms in total. The summed E-state index contributed by atoms with van der Waals surface area (Å²) in [6.45, 7) is 5.92. The van der Waals surface area contributed by atoms with Crippen molar-refractivity contribution in [3.63, 3.8) is 0 Å². The van der Waals surface area contributed by atoms with Crippen LogP contribution in [0.1, 0.15) is 24.4 Å². The van der Waals surface area contributed by atoms with Crippen LogP contribution in [-0.2, 0) is 4.79 Å². The zero-order valence-electron chi connectivity index (χ0n) is 21.9. The molecule has 2 aromatic heterocycles. The minimum absolute atomic E-state index is 0.00731. The van der Waals surface area contributed by atoms with E-state index in [9.17, 15) is 4.79 Å². The van der Waals surface area contributed by atoms with Crippen LogP contribution in [0.2, 0.25) is 0 Å². The zero-order valence-corrected chi connectivity index (χ0v) is 22.8. The Morgan fingerprint density at radius 1 is 1.05 bits per heavy atom. The quantitative estimate of drug-likeness (QED) is 0.357. The van der Waals surface area contributed by atoms with Crippen molar-refractivity contribution in [3.05, 3.63) is 58.8 Å². The van der Waals surface area contributed by atoms with Crippen molar-refractivity contribution in [3.8, 4) is 17.0 Å². The van der Waals surface area contributed by atoms with Gasteiger partial charge in [-0.05, 0) is 85.7 Å². The number of hydrogen-bond donors (Lipinski definition) is 2. The van der Waals surface area contributed by atoms with E-state index in [1.54, 1.807) is 18.4 Å². The van der Waals surface area contributed by atoms with Gasteiger partial charge in [0.2, 0.25) is 5.91 Å². The van der Waals surface area contributed by atoms with Crippen LogP contribution in [0, 0.1) is 0 Å². The number of thiophene rings is 1. The highest BCUT2D eigenvalue weighted by atomic mass is 32.1. The van der Waals surface area contributed by atoms with E-state index in [4.69, 9.17) is 4.74 Å². The summed E-state index contributed by atoms with van der Waals surface area (Å²) >= 11 is 1.63. The minimum atomic E-state index is -0.269. The average Bonchev–Trinajstić information content (AvgIpc) is 3.72. The molecule has 2 N–H and O–H groups in total. The Balaban J connectivity index is 1.27. The summed E-state index contributed by atoms with van der Waals surface area (Å²) in [7, 11) is 3.88. The monoisotopic (exact) mass is 530 g/mol. The Labute approximate surface area is 227 Å². The summed E-state index contributed by atoms with van der Waals surface area (Å²) in [6.07, 6.45) is 2.27. The predicted octanol–water partition coefficient (Wildman–Crippen LogP) is 4.83. The lowest BCUT2D eigenvalue weighted by molar-refractivity contribution is -0.121. The average molecular weight is 531 g/mol. The number of nitrogens with zero attached hydrogens (tertiary/aromatic N) is 4. The summed E-state index contributed by atoms with van der Waals surface area (Å²) in [5.41, 5.74) is 5.68. The molecule has 0 bridgehead atoms. The maximum atomic E-state index is 13.5. The fourth-order valence-electron chi connectivity index (χ4n) is 5.61. The van der Waals surface area contributed by atoms with Crippen molar-refractivity contribution in [1.82, 2.24) is 20.0 Å². The Bertz CT molecular complexity index is 1400. The lowest BCUT2D eigenvalue weighted by Crippen LogP contribution is -2.44. The number of carbonyl (C=O) groups is 1. The number of H-pyrrole nitrogens is 1. The first-order chi connectivity index (χ1) is 18.6. The van der Waals surface area contributed by atoms with Crippen molar-refractivity contribution >= 4 is 39.5 Å². The van der Waals surface area contributed by atoms with Gasteiger partial charge in [0.15, 0.2) is 0 Å². The number of piperazine rings is 1. The molecule has 0 radical (unpaired) electrons. The van der Waals surface area contributed by atoms with Gasteiger partial charge < -0.3 is 19.9 Å². The number of hydrogen-bond acceptors (Lipinski definition) is 7. The van der Waals surface area contributed by atoms with Crippen LogP contribution in [0.15, 0.2) is 53.2 Å². The maximum absolute atomic E-state index is 13.5. The second-order valence-corrected chi connectivity index (χ2v) is 11.0. The predicted molar refractivity (Wildman–Crippen MR) is 154 cm³/mol. The number of aromatic amines is 1. The number of rotatable bonds is 7. The van der Waals surface area contributed by atoms with Crippen molar-refractivity contribution in [1.29, 1.82) is 0 Å². The van der Waals surface area contributed by atoms with E-state index in [1.807, 2.05) is 23.6 Å². The number of benzene rings is 2. The second kappa shape index (κ2) is 10.8. The Kier molecular flexibility index (Phi) is 7.06. The van der Waals surface area contributed by atoms with Gasteiger partial charge >= 0.3 is 0 Å². The van der Waals surface area contributed by atoms with Gasteiger partial charge in [0, 0.05) is 42.8 Å². The number of carbonyl (C=O) groups excluding carboxylic acids is 1. The van der Waals surface area contributed by atoms with Gasteiger partial charge in [-0.25, -0.2) is 0 Å². The first-order valence-corrected chi connectivity index (χ1v) is 14.2. The van der Waals surface area contributed by atoms with Crippen LogP contribution in [0.25, 0.3) is 22.2 Å². The van der Waals surface area contributed by atoms with E-state index in [-0.39, 0.29) is 11.9 Å². The summed E-state index contributed by atoms with van der Waals surface area (Å²) < 4.78 is 5.81. The summed E-state index contributed by atoms with van der Waals surface area (Å²) in [5, 5.41) is 16.1. The molecule has 1 amide bonds. The maximum Gasteiger partial charge on any atom is 0.246 e. The van der Waals surface area contributed by atoms with Crippen LogP contribution >= 0.6 is 11.3 Å². The lowest BCUT2D eigenvalue weighted by atomic mass is 10.0. The van der Waals surface area contributed by atoms with Crippen LogP contribution in [0.4, 0.5) is 11.4 Å². The number of methoxy groups -OCH3 is 1. The first kappa shape index (κ1) is 24.9. The molecule has 1 unspecified atom stereocenters. The number of nitrogens with one attached hydrogen (secondary N) is 2. The normalized spacial score (nSPS) is 17.7. The van der Waals surface area contributed by atoms with Crippen molar-refractivity contribution in [2.75, 3.05) is 63.6 Å². The molecule has 198 valence electrons. The Morgan fingerprint density at radius 3 is 2.61 bits per heavy atom. The molecule has 4 heterocycles. The highest BCUT2D eigenvalue weighted by Crippen LogP contribution is 2.36. The summed E-state index contributed by atoms with van der Waals surface area (Å²) in [5.74, 6) is 0.852. The lowest BCUT2D eigenvalue weighted by Gasteiger charge is -2.34. The largest absolute Gasteiger partial charge is 0.495 e. The van der Waals surface area contributed by atoms with Crippen LogP contribution < -0.4 is 15.0 Å². The van der Waals surface area contributed by atoms with Gasteiger partial charge in [-0.3, -0.25) is 14.8 Å². The fraction of sp³-hybridized carbons (Fsp3) is 0.379. The molecule has 2 aliphatic rings. The molecule has 9 heteroatoms. The molecular weight excluding hydrogens is 496 g/mol. The Hall–Kier alpha value is -3.40. The zero-order chi connectivity index (χ0) is 26.1. The Morgan fingerprint density at radius 2 is 1.87 bits per heavy atom. The third-order valence-electron chi connectivity index (χ3n) is 7.74. The molecule has 1 atom stereocenters. The molecule has 0 saturated carbocycles. The van der Waals surface area contributed by atoms with Crippen LogP contribution in [-0.4, -0.2) is 79.3 Å². The summed E-state index contributed by atoms with van der Waals surface area (Å²) in [6, 6.07) is 14.0. The van der Waals surface area contributed by atoms with Crippen LogP contribution in [0.5, 0.6) is 5.75 Å². The summed E-state index contributed by atoms with van der Waals surface area (Å²) in [4.78, 5) is 20.5. The van der Waals surface area contributed by atoms with E-state index >= 15 is 0 Å². The number of fused-ring (bicyclic) bond motifs is 1. The SMILES string of the molecule is COc1cc(-c2n[nH]c3ccc(NC(=O)C(c4ccsc4)N4CCCC4)cc23)ccc1N1CCN(C)CC1. The van der Waals surface area contributed by atoms with Gasteiger partial charge in [-0.2, -0.15) is 16.4 Å². The van der Waals surface area contributed by atoms with Crippen molar-refractivity contribution in [2.24, 2.45) is 0 Å². The molecular formula is C29H34N6O2S. The third-order valence-corrected chi connectivity index (χ3v) is 8.44. The number of likely N-dealkylation sites (tertiary alicyclic amines) is 1. The van der Waals surface area contributed by atoms with Gasteiger partial charge in [-0.1, -0.05) is 6.07 Å². The standard InChI is InChI=1S/C29H34N6O2S/c1-33-12-14-34(15-13-33)25-8-5-20(17-26(25)37-2)27-23-18-22(6-7-24(23)31-32-27)30-29(36)28(21-9-16-38-19-21)35-10-3-4-11-35/h5-9,16-19,28H,3-4,10-15H2,1-2H3,(H,30,36)(H,31,32). The van der Waals surface area contributed by atoms with Gasteiger partial charge in [0.1, 0.15) is 17.5 Å². The van der Waals surface area contributed by atoms with Crippen LogP contribution in [0.3, 0.4) is 0 Å². The number of anilines is 2. The molecule has 2 aromatic carbocycles. The molecule has 6 rings (SSSR count). The number of ether oxygens (including phenoxy) is 1. The molecule has 2 aliphatic heterocycles. The topological polar surface area (TPSA) is 76.7 Å². The number of aromatic nitrogens is 2. The molecule has 2 fully saturated rings. The van der Waals surface area contributed by atoms with Gasteiger partial charge in [-0.15, -0.1) is 0 Å². The van der Waals surface area contributed by atoms with E-state index < -0.39 is 0 Å². The third kappa shape index (κ3) is 4.89. The highest BCUT2D eigenvalue weighted by Gasteiger charge is 2.30. The van der Waals surface area contributed by atoms with Gasteiger partial charge in [0.25, 0.3) is 0 Å². The van der Waals surface area contributed by atoms with Gasteiger partial charge in [0.05, 0.1) is 18.3 Å². The molecule has 0 spiro atoms. The number of amides is 1. The second-order valence-electron chi connectivity index (χ2n) is 10.2. The highest BCUT2D eigenvalue weighted by molar-refractivity contribution is 7.08. The van der Waals surface area contributed by atoms with E-state index in [0.717, 1.165) is 97.0 Å². The molecule has 2 saturated heterocycles. The van der Waals surface area contributed by atoms with E-state index in [1.165, 1.54) is 0 Å². The molecule has 38 heavy (non-hydrogen) atoms. The first-order valence-electron chi connectivity index (χ1n) is 13.3. The number of likely N-dealkylation sites (N-methyl/N-ethyl adjacent to an activating group) is 1. The van der Waals surface area contributed by atoms with Crippen molar-refractivity contribution in [2.45, 2.75) is 18.9 Å². The van der Waals surface area contributed by atoms with Crippen molar-refractivity contribution < 1.29 is 9.53 Å².